The molecule has 15 heavy (non-hydrogen) atoms. The molecule has 1 radical (unpaired) electrons. The minimum absolute atomic E-state index is 0.0450. The molecular weight excluding hydrogens is 205 g/mol. The molecule has 0 N–H and O–H groups in total. The third-order valence-electron chi connectivity index (χ3n) is 1.99. The molecule has 0 fully saturated rings. The predicted octanol–water partition coefficient (Wildman–Crippen LogP) is 3.83. The summed E-state index contributed by atoms with van der Waals surface area (Å²) in [4.78, 5) is 0. The maximum Gasteiger partial charge on any atom is 0.573 e. The molecular formula is C11H12F3O. The number of ether oxygens (including phenoxy) is 1. The third-order valence-corrected chi connectivity index (χ3v) is 1.99. The summed E-state index contributed by atoms with van der Waals surface area (Å²) in [6, 6.07) is 4.56. The van der Waals surface area contributed by atoms with Gasteiger partial charge in [0.05, 0.1) is 0 Å². The van der Waals surface area contributed by atoms with E-state index in [2.05, 4.69) is 11.7 Å². The summed E-state index contributed by atoms with van der Waals surface area (Å²) in [6.45, 7) is 7.24. The zero-order chi connectivity index (χ0) is 11.6. The van der Waals surface area contributed by atoms with E-state index in [0.29, 0.717) is 5.56 Å². The average Bonchev–Trinajstić information content (AvgIpc) is 2.05. The molecule has 0 saturated heterocycles. The number of rotatable bonds is 2. The fourth-order valence-electron chi connectivity index (χ4n) is 1.22. The van der Waals surface area contributed by atoms with E-state index in [1.54, 1.807) is 19.1 Å². The molecule has 0 spiro atoms. The second-order valence-corrected chi connectivity index (χ2v) is 3.47. The van der Waals surface area contributed by atoms with Crippen LogP contribution in [0, 0.1) is 13.8 Å². The molecule has 1 nitrogen and oxygen atoms in total. The van der Waals surface area contributed by atoms with Crippen LogP contribution in [0.4, 0.5) is 13.2 Å². The summed E-state index contributed by atoms with van der Waals surface area (Å²) < 4.78 is 39.7. The molecule has 0 bridgehead atoms. The van der Waals surface area contributed by atoms with Crippen molar-refractivity contribution in [2.75, 3.05) is 0 Å². The lowest BCUT2D eigenvalue weighted by atomic mass is 10.0. The first-order valence-electron chi connectivity index (χ1n) is 4.49. The lowest BCUT2D eigenvalue weighted by molar-refractivity contribution is -0.274. The zero-order valence-electron chi connectivity index (χ0n) is 8.56. The van der Waals surface area contributed by atoms with Crippen LogP contribution in [0.1, 0.15) is 24.0 Å². The van der Waals surface area contributed by atoms with E-state index >= 15 is 0 Å². The molecule has 4 heteroatoms. The van der Waals surface area contributed by atoms with Gasteiger partial charge in [-0.25, -0.2) is 0 Å². The van der Waals surface area contributed by atoms with Gasteiger partial charge in [-0.1, -0.05) is 19.1 Å². The molecule has 0 amide bonds. The van der Waals surface area contributed by atoms with Crippen LogP contribution in [0.5, 0.6) is 5.75 Å². The summed E-state index contributed by atoms with van der Waals surface area (Å²) in [7, 11) is 0. The second kappa shape index (κ2) is 4.13. The van der Waals surface area contributed by atoms with E-state index < -0.39 is 6.36 Å². The Balaban J connectivity index is 2.94. The monoisotopic (exact) mass is 217 g/mol. The van der Waals surface area contributed by atoms with Gasteiger partial charge in [0.1, 0.15) is 5.75 Å². The Bertz CT molecular complexity index is 342. The molecule has 0 aliphatic carbocycles. The fourth-order valence-corrected chi connectivity index (χ4v) is 1.22. The highest BCUT2D eigenvalue weighted by Gasteiger charge is 2.31. The van der Waals surface area contributed by atoms with Crippen LogP contribution < -0.4 is 4.74 Å². The molecule has 1 aromatic carbocycles. The van der Waals surface area contributed by atoms with Crippen LogP contribution in [0.15, 0.2) is 18.2 Å². The highest BCUT2D eigenvalue weighted by Crippen LogP contribution is 2.28. The summed E-state index contributed by atoms with van der Waals surface area (Å²) in [5, 5.41) is 0. The Morgan fingerprint density at radius 1 is 1.33 bits per heavy atom. The number of hydrogen-bond acceptors (Lipinski definition) is 1. The molecule has 0 aliphatic heterocycles. The van der Waals surface area contributed by atoms with Gasteiger partial charge in [0, 0.05) is 0 Å². The molecule has 1 unspecified atom stereocenters. The standard InChI is InChI=1S/C11H12F3O/c1-7(2)9-4-5-10(8(3)6-9)15-11(12,13)14/h4-7H,1H2,2-3H3. The molecule has 0 aromatic heterocycles. The Kier molecular flexibility index (Phi) is 3.27. The number of aryl methyl sites for hydroxylation is 1. The van der Waals surface area contributed by atoms with Crippen LogP contribution in [0.3, 0.4) is 0 Å². The van der Waals surface area contributed by atoms with E-state index in [4.69, 9.17) is 0 Å². The molecule has 1 aromatic rings. The van der Waals surface area contributed by atoms with E-state index in [-0.39, 0.29) is 11.7 Å². The number of benzene rings is 1. The maximum absolute atomic E-state index is 11.9. The van der Waals surface area contributed by atoms with E-state index in [0.717, 1.165) is 5.56 Å². The summed E-state index contributed by atoms with van der Waals surface area (Å²) in [5.74, 6) is -0.115. The van der Waals surface area contributed by atoms with Crippen LogP contribution in [-0.4, -0.2) is 6.36 Å². The molecule has 1 atom stereocenters. The van der Waals surface area contributed by atoms with Crippen molar-refractivity contribution in [2.45, 2.75) is 26.1 Å². The second-order valence-electron chi connectivity index (χ2n) is 3.47. The van der Waals surface area contributed by atoms with Gasteiger partial charge in [-0.05, 0) is 37.0 Å². The van der Waals surface area contributed by atoms with Gasteiger partial charge in [0.25, 0.3) is 0 Å². The predicted molar refractivity (Wildman–Crippen MR) is 51.6 cm³/mol. The van der Waals surface area contributed by atoms with Gasteiger partial charge in [0.2, 0.25) is 0 Å². The van der Waals surface area contributed by atoms with Crippen molar-refractivity contribution < 1.29 is 17.9 Å². The first-order valence-corrected chi connectivity index (χ1v) is 4.49. The fraction of sp³-hybridized carbons (Fsp3) is 0.364. The Hall–Kier alpha value is -1.19. The first kappa shape index (κ1) is 11.9. The first-order chi connectivity index (χ1) is 6.79. The zero-order valence-corrected chi connectivity index (χ0v) is 8.56. The van der Waals surface area contributed by atoms with Gasteiger partial charge in [-0.3, -0.25) is 0 Å². The van der Waals surface area contributed by atoms with Gasteiger partial charge in [-0.15, -0.1) is 13.2 Å². The van der Waals surface area contributed by atoms with Gasteiger partial charge in [0.15, 0.2) is 0 Å². The lowest BCUT2D eigenvalue weighted by Crippen LogP contribution is -2.17. The molecule has 83 valence electrons. The number of halogens is 3. The highest BCUT2D eigenvalue weighted by atomic mass is 19.4. The molecule has 1 rings (SSSR count). The smallest absolute Gasteiger partial charge is 0.406 e. The summed E-state index contributed by atoms with van der Waals surface area (Å²) >= 11 is 0. The minimum Gasteiger partial charge on any atom is -0.406 e. The molecule has 0 saturated carbocycles. The van der Waals surface area contributed by atoms with Crippen LogP contribution >= 0.6 is 0 Å². The van der Waals surface area contributed by atoms with E-state index in [9.17, 15) is 13.2 Å². The minimum atomic E-state index is -4.64. The lowest BCUT2D eigenvalue weighted by Gasteiger charge is -2.13. The van der Waals surface area contributed by atoms with Crippen molar-refractivity contribution in [3.05, 3.63) is 36.2 Å². The Labute approximate surface area is 86.9 Å². The quantitative estimate of drug-likeness (QED) is 0.731. The van der Waals surface area contributed by atoms with E-state index in [1.165, 1.54) is 6.07 Å². The van der Waals surface area contributed by atoms with Gasteiger partial charge < -0.3 is 4.74 Å². The topological polar surface area (TPSA) is 9.23 Å². The van der Waals surface area contributed by atoms with Gasteiger partial charge >= 0.3 is 6.36 Å². The Morgan fingerprint density at radius 3 is 2.33 bits per heavy atom. The summed E-state index contributed by atoms with van der Waals surface area (Å²) in [6.07, 6.45) is -4.64. The van der Waals surface area contributed by atoms with Crippen molar-refractivity contribution in [3.63, 3.8) is 0 Å². The largest absolute Gasteiger partial charge is 0.573 e. The van der Waals surface area contributed by atoms with Crippen molar-refractivity contribution >= 4 is 0 Å². The van der Waals surface area contributed by atoms with Crippen molar-refractivity contribution in [1.82, 2.24) is 0 Å². The van der Waals surface area contributed by atoms with Crippen molar-refractivity contribution in [1.29, 1.82) is 0 Å². The highest BCUT2D eigenvalue weighted by molar-refractivity contribution is 5.37. The maximum atomic E-state index is 11.9. The van der Waals surface area contributed by atoms with E-state index in [1.807, 2.05) is 6.92 Å². The van der Waals surface area contributed by atoms with Crippen LogP contribution in [0.25, 0.3) is 0 Å². The molecule has 0 heterocycles. The molecule has 0 aliphatic rings. The van der Waals surface area contributed by atoms with Crippen LogP contribution in [-0.2, 0) is 0 Å². The third kappa shape index (κ3) is 3.46. The number of alkyl halides is 3. The Morgan fingerprint density at radius 2 is 1.93 bits per heavy atom. The normalized spacial score (nSPS) is 11.9. The van der Waals surface area contributed by atoms with Gasteiger partial charge in [-0.2, -0.15) is 0 Å². The summed E-state index contributed by atoms with van der Waals surface area (Å²) in [5.41, 5.74) is 1.35. The van der Waals surface area contributed by atoms with Crippen molar-refractivity contribution in [3.8, 4) is 5.75 Å². The van der Waals surface area contributed by atoms with Crippen LogP contribution in [0.2, 0.25) is 0 Å². The SMILES string of the molecule is [CH2]C(C)c1ccc(OC(F)(F)F)c(C)c1. The number of hydrogen-bond donors (Lipinski definition) is 0. The van der Waals surface area contributed by atoms with Crippen molar-refractivity contribution in [2.24, 2.45) is 0 Å². The average molecular weight is 217 g/mol.